The number of rotatable bonds is 4. The van der Waals surface area contributed by atoms with Crippen molar-refractivity contribution in [2.75, 3.05) is 17.3 Å². The number of carbonyl (C=O) groups excluding carboxylic acids is 1. The van der Waals surface area contributed by atoms with Crippen molar-refractivity contribution in [3.05, 3.63) is 84.2 Å². The Morgan fingerprint density at radius 3 is 2.64 bits per heavy atom. The summed E-state index contributed by atoms with van der Waals surface area (Å²) in [6, 6.07) is 20.0. The number of amides is 1. The zero-order valence-corrected chi connectivity index (χ0v) is 13.7. The van der Waals surface area contributed by atoms with Gasteiger partial charge < -0.3 is 10.2 Å². The van der Waals surface area contributed by atoms with Gasteiger partial charge in [-0.1, -0.05) is 12.1 Å². The quantitative estimate of drug-likeness (QED) is 0.786. The average Bonchev–Trinajstić information content (AvgIpc) is 2.68. The van der Waals surface area contributed by atoms with Crippen LogP contribution in [0.4, 0.5) is 17.1 Å². The molecule has 0 saturated carbocycles. The van der Waals surface area contributed by atoms with Crippen LogP contribution in [0.5, 0.6) is 0 Å². The molecule has 1 N–H and O–H groups in total. The van der Waals surface area contributed by atoms with Gasteiger partial charge in [0, 0.05) is 30.2 Å². The number of nitrogens with one attached hydrogen (secondary N) is 1. The summed E-state index contributed by atoms with van der Waals surface area (Å²) < 4.78 is 0. The minimum Gasteiger partial charge on any atom is -0.343 e. The molecule has 0 radical (unpaired) electrons. The molecule has 1 aromatic heterocycles. The zero-order chi connectivity index (χ0) is 17.6. The van der Waals surface area contributed by atoms with Gasteiger partial charge in [0.2, 0.25) is 0 Å². The van der Waals surface area contributed by atoms with Gasteiger partial charge in [0.25, 0.3) is 5.91 Å². The highest BCUT2D eigenvalue weighted by molar-refractivity contribution is 6.04. The van der Waals surface area contributed by atoms with E-state index in [1.165, 1.54) is 0 Å². The molecule has 0 aliphatic rings. The number of hydrogen-bond donors (Lipinski definition) is 1. The highest BCUT2D eigenvalue weighted by Gasteiger charge is 2.09. The van der Waals surface area contributed by atoms with Gasteiger partial charge in [-0.3, -0.25) is 9.78 Å². The second kappa shape index (κ2) is 7.28. The number of anilines is 3. The summed E-state index contributed by atoms with van der Waals surface area (Å²) in [5, 5.41) is 11.8. The predicted octanol–water partition coefficient (Wildman–Crippen LogP) is 3.97. The van der Waals surface area contributed by atoms with Crippen LogP contribution in [0.3, 0.4) is 0 Å². The molecule has 3 aromatic rings. The molecule has 2 aromatic carbocycles. The second-order valence-corrected chi connectivity index (χ2v) is 5.47. The van der Waals surface area contributed by atoms with E-state index in [-0.39, 0.29) is 5.91 Å². The van der Waals surface area contributed by atoms with Gasteiger partial charge in [0.05, 0.1) is 23.5 Å². The Labute approximate surface area is 146 Å². The molecule has 0 aliphatic carbocycles. The third-order valence-electron chi connectivity index (χ3n) is 3.78. The fraction of sp³-hybridized carbons (Fsp3) is 0.0500. The lowest BCUT2D eigenvalue weighted by molar-refractivity contribution is 0.102. The van der Waals surface area contributed by atoms with Crippen LogP contribution in [0.2, 0.25) is 0 Å². The van der Waals surface area contributed by atoms with Crippen LogP contribution in [-0.2, 0) is 0 Å². The normalized spacial score (nSPS) is 9.92. The highest BCUT2D eigenvalue weighted by Crippen LogP contribution is 2.25. The molecule has 0 saturated heterocycles. The van der Waals surface area contributed by atoms with E-state index in [2.05, 4.69) is 10.3 Å². The van der Waals surface area contributed by atoms with E-state index in [0.29, 0.717) is 16.8 Å². The SMILES string of the molecule is CN(c1cccnc1)c1cccc(NC(=O)c2cccc(C#N)c2)c1. The number of nitriles is 1. The van der Waals surface area contributed by atoms with E-state index in [4.69, 9.17) is 5.26 Å². The van der Waals surface area contributed by atoms with Crippen LogP contribution < -0.4 is 10.2 Å². The summed E-state index contributed by atoms with van der Waals surface area (Å²) in [6.07, 6.45) is 3.50. The molecule has 5 nitrogen and oxygen atoms in total. The van der Waals surface area contributed by atoms with Crippen molar-refractivity contribution < 1.29 is 4.79 Å². The zero-order valence-electron chi connectivity index (χ0n) is 13.7. The van der Waals surface area contributed by atoms with Gasteiger partial charge in [0.15, 0.2) is 0 Å². The molecule has 122 valence electrons. The Morgan fingerprint density at radius 1 is 1.08 bits per heavy atom. The molecule has 0 atom stereocenters. The third-order valence-corrected chi connectivity index (χ3v) is 3.78. The molecule has 0 aliphatic heterocycles. The molecule has 1 amide bonds. The van der Waals surface area contributed by atoms with Crippen LogP contribution in [0.15, 0.2) is 73.1 Å². The molecule has 5 heteroatoms. The summed E-state index contributed by atoms with van der Waals surface area (Å²) in [5.41, 5.74) is 3.47. The van der Waals surface area contributed by atoms with Gasteiger partial charge in [-0.25, -0.2) is 0 Å². The first kappa shape index (κ1) is 16.2. The summed E-state index contributed by atoms with van der Waals surface area (Å²) >= 11 is 0. The van der Waals surface area contributed by atoms with Crippen molar-refractivity contribution >= 4 is 23.0 Å². The first-order valence-corrected chi connectivity index (χ1v) is 7.73. The average molecular weight is 328 g/mol. The van der Waals surface area contributed by atoms with Crippen molar-refractivity contribution in [2.45, 2.75) is 0 Å². The van der Waals surface area contributed by atoms with E-state index in [1.54, 1.807) is 36.7 Å². The molecular formula is C20H16N4O. The number of nitrogens with zero attached hydrogens (tertiary/aromatic N) is 3. The van der Waals surface area contributed by atoms with Gasteiger partial charge >= 0.3 is 0 Å². The molecule has 0 unspecified atom stereocenters. The van der Waals surface area contributed by atoms with Gasteiger partial charge in [-0.15, -0.1) is 0 Å². The first-order chi connectivity index (χ1) is 12.2. The van der Waals surface area contributed by atoms with E-state index in [0.717, 1.165) is 11.4 Å². The van der Waals surface area contributed by atoms with Gasteiger partial charge in [-0.2, -0.15) is 5.26 Å². The monoisotopic (exact) mass is 328 g/mol. The van der Waals surface area contributed by atoms with Crippen LogP contribution in [0.25, 0.3) is 0 Å². The highest BCUT2D eigenvalue weighted by atomic mass is 16.1. The Bertz CT molecular complexity index is 932. The topological polar surface area (TPSA) is 69.0 Å². The summed E-state index contributed by atoms with van der Waals surface area (Å²) in [7, 11) is 1.94. The van der Waals surface area contributed by atoms with Crippen LogP contribution in [-0.4, -0.2) is 17.9 Å². The van der Waals surface area contributed by atoms with E-state index in [9.17, 15) is 4.79 Å². The number of benzene rings is 2. The largest absolute Gasteiger partial charge is 0.343 e. The molecule has 0 fully saturated rings. The maximum Gasteiger partial charge on any atom is 0.255 e. The molecule has 25 heavy (non-hydrogen) atoms. The fourth-order valence-electron chi connectivity index (χ4n) is 2.43. The summed E-state index contributed by atoms with van der Waals surface area (Å²) in [4.78, 5) is 18.5. The number of hydrogen-bond acceptors (Lipinski definition) is 4. The number of aromatic nitrogens is 1. The maximum atomic E-state index is 12.4. The van der Waals surface area contributed by atoms with E-state index < -0.39 is 0 Å². The lowest BCUT2D eigenvalue weighted by atomic mass is 10.1. The minimum absolute atomic E-state index is 0.252. The fourth-order valence-corrected chi connectivity index (χ4v) is 2.43. The third kappa shape index (κ3) is 3.82. The van der Waals surface area contributed by atoms with Crippen LogP contribution in [0, 0.1) is 11.3 Å². The van der Waals surface area contributed by atoms with Crippen molar-refractivity contribution in [3.63, 3.8) is 0 Å². The molecular weight excluding hydrogens is 312 g/mol. The van der Waals surface area contributed by atoms with Crippen molar-refractivity contribution in [3.8, 4) is 6.07 Å². The standard InChI is InChI=1S/C20H16N4O/c1-24(19-9-4-10-22-14-19)18-8-3-7-17(12-18)23-20(25)16-6-2-5-15(11-16)13-21/h2-12,14H,1H3,(H,23,25). The van der Waals surface area contributed by atoms with Crippen molar-refractivity contribution in [2.24, 2.45) is 0 Å². The van der Waals surface area contributed by atoms with Crippen molar-refractivity contribution in [1.82, 2.24) is 4.98 Å². The minimum atomic E-state index is -0.252. The van der Waals surface area contributed by atoms with Crippen LogP contribution in [0.1, 0.15) is 15.9 Å². The Kier molecular flexibility index (Phi) is 4.72. The predicted molar refractivity (Wildman–Crippen MR) is 97.9 cm³/mol. The van der Waals surface area contributed by atoms with Crippen LogP contribution >= 0.6 is 0 Å². The van der Waals surface area contributed by atoms with Gasteiger partial charge in [-0.05, 0) is 48.5 Å². The molecule has 0 bridgehead atoms. The number of pyridine rings is 1. The summed E-state index contributed by atoms with van der Waals surface area (Å²) in [6.45, 7) is 0. The Hall–Kier alpha value is -3.65. The lowest BCUT2D eigenvalue weighted by Crippen LogP contribution is -2.13. The van der Waals surface area contributed by atoms with Crippen molar-refractivity contribution in [1.29, 1.82) is 5.26 Å². The second-order valence-electron chi connectivity index (χ2n) is 5.47. The van der Waals surface area contributed by atoms with E-state index >= 15 is 0 Å². The van der Waals surface area contributed by atoms with E-state index in [1.807, 2.05) is 54.4 Å². The molecule has 0 spiro atoms. The Morgan fingerprint density at radius 2 is 1.88 bits per heavy atom. The maximum absolute atomic E-state index is 12.4. The molecule has 1 heterocycles. The number of carbonyl (C=O) groups is 1. The van der Waals surface area contributed by atoms with Gasteiger partial charge in [0.1, 0.15) is 0 Å². The smallest absolute Gasteiger partial charge is 0.255 e. The lowest BCUT2D eigenvalue weighted by Gasteiger charge is -2.19. The first-order valence-electron chi connectivity index (χ1n) is 7.73. The molecule has 3 rings (SSSR count). The Balaban J connectivity index is 1.80. The summed E-state index contributed by atoms with van der Waals surface area (Å²) in [5.74, 6) is -0.252.